The quantitative estimate of drug-likeness (QED) is 0.375. The van der Waals surface area contributed by atoms with E-state index >= 15 is 0 Å². The number of hydrogen-bond acceptors (Lipinski definition) is 9. The molecule has 1 atom stereocenters. The Morgan fingerprint density at radius 1 is 1.06 bits per heavy atom. The van der Waals surface area contributed by atoms with Gasteiger partial charge < -0.3 is 28.2 Å². The molecule has 1 aliphatic rings. The van der Waals surface area contributed by atoms with Crippen LogP contribution in [0, 0.1) is 0 Å². The molecule has 0 bridgehead atoms. The highest BCUT2D eigenvalue weighted by atomic mass is 28.5. The molecule has 1 unspecified atom stereocenters. The van der Waals surface area contributed by atoms with Crippen LogP contribution in [-0.2, 0) is 27.2 Å². The Balaban J connectivity index is 2.46. The Labute approximate surface area is 210 Å². The van der Waals surface area contributed by atoms with Gasteiger partial charge in [-0.05, 0) is 28.2 Å². The van der Waals surface area contributed by atoms with Crippen LogP contribution >= 0.6 is 0 Å². The van der Waals surface area contributed by atoms with Crippen molar-refractivity contribution in [2.45, 2.75) is 96.8 Å². The predicted octanol–water partition coefficient (Wildman–Crippen LogP) is 3.86. The first-order chi connectivity index (χ1) is 16.2. The van der Waals surface area contributed by atoms with Gasteiger partial charge in [-0.2, -0.15) is 4.98 Å². The summed E-state index contributed by atoms with van der Waals surface area (Å²) < 4.78 is 33.3. The third kappa shape index (κ3) is 6.80. The average molecular weight is 530 g/mol. The normalized spacial score (nSPS) is 19.7. The van der Waals surface area contributed by atoms with Crippen LogP contribution in [0.2, 0.25) is 22.2 Å². The van der Waals surface area contributed by atoms with Gasteiger partial charge in [-0.25, -0.2) is 4.79 Å². The SMILES string of the molecule is CC(=O)OCC(OC1CO[Si](C(C)C)(C(C)C)O[Si](C(C)C)(C(C)C)OC1)n1ccc(N)nc1=O. The maximum atomic E-state index is 12.5. The van der Waals surface area contributed by atoms with Gasteiger partial charge in [0.1, 0.15) is 18.5 Å². The smallest absolute Gasteiger partial charge is 0.351 e. The zero-order valence-electron chi connectivity index (χ0n) is 22.6. The molecule has 1 fully saturated rings. The Kier molecular flexibility index (Phi) is 10.3. The minimum Gasteiger partial charge on any atom is -0.461 e. The van der Waals surface area contributed by atoms with E-state index in [-0.39, 0.29) is 47.8 Å². The Morgan fingerprint density at radius 2 is 1.54 bits per heavy atom. The highest BCUT2D eigenvalue weighted by Gasteiger charge is 2.57. The predicted molar refractivity (Wildman–Crippen MR) is 138 cm³/mol. The van der Waals surface area contributed by atoms with Crippen molar-refractivity contribution >= 4 is 28.9 Å². The third-order valence-corrected chi connectivity index (χ3v) is 16.7. The lowest BCUT2D eigenvalue weighted by Crippen LogP contribution is -2.64. The fourth-order valence-corrected chi connectivity index (χ4v) is 15.7. The Bertz CT molecular complexity index is 861. The zero-order valence-corrected chi connectivity index (χ0v) is 24.6. The Hall–Kier alpha value is -1.58. The number of esters is 1. The van der Waals surface area contributed by atoms with E-state index in [0.717, 1.165) is 0 Å². The number of carbonyl (C=O) groups excluding carboxylic acids is 1. The van der Waals surface area contributed by atoms with Crippen LogP contribution in [0.5, 0.6) is 0 Å². The lowest BCUT2D eigenvalue weighted by molar-refractivity contribution is -0.157. The number of rotatable bonds is 9. The second-order valence-electron chi connectivity index (χ2n) is 10.3. The van der Waals surface area contributed by atoms with Crippen molar-refractivity contribution in [1.29, 1.82) is 0 Å². The lowest BCUT2D eigenvalue weighted by atomic mass is 10.4. The zero-order chi connectivity index (χ0) is 26.6. The first-order valence-corrected chi connectivity index (χ1v) is 16.3. The standard InChI is InChI=1S/C23H43N3O7Si2/c1-15(2)34(16(3)4)30-12-20(13-31-35(33-34,17(5)6)18(7)8)32-22(14-29-19(9)27)26-11-10-21(24)25-23(26)28/h10-11,15-18,20,22H,12-14H2,1-9H3,(H2,24,25,28). The second-order valence-corrected chi connectivity index (χ2v) is 19.2. The number of nitrogens with two attached hydrogens (primary N) is 1. The minimum absolute atomic E-state index is 0.0987. The van der Waals surface area contributed by atoms with E-state index in [1.165, 1.54) is 23.8 Å². The van der Waals surface area contributed by atoms with Crippen LogP contribution in [0.4, 0.5) is 5.82 Å². The molecule has 0 aliphatic carbocycles. The van der Waals surface area contributed by atoms with Gasteiger partial charge in [-0.15, -0.1) is 0 Å². The summed E-state index contributed by atoms with van der Waals surface area (Å²) in [5, 5.41) is 0. The summed E-state index contributed by atoms with van der Waals surface area (Å²) in [6, 6.07) is 1.50. The van der Waals surface area contributed by atoms with E-state index in [9.17, 15) is 9.59 Å². The molecule has 0 aromatic carbocycles. The third-order valence-electron chi connectivity index (χ3n) is 6.47. The highest BCUT2D eigenvalue weighted by Crippen LogP contribution is 2.45. The van der Waals surface area contributed by atoms with E-state index in [0.29, 0.717) is 0 Å². The molecule has 10 nitrogen and oxygen atoms in total. The van der Waals surface area contributed by atoms with E-state index in [1.54, 1.807) is 0 Å². The summed E-state index contributed by atoms with van der Waals surface area (Å²) in [4.78, 5) is 27.8. The van der Waals surface area contributed by atoms with Crippen LogP contribution in [0.1, 0.15) is 68.5 Å². The van der Waals surface area contributed by atoms with Gasteiger partial charge in [-0.3, -0.25) is 9.36 Å². The summed E-state index contributed by atoms with van der Waals surface area (Å²) in [7, 11) is -5.47. The van der Waals surface area contributed by atoms with Crippen LogP contribution < -0.4 is 11.4 Å². The number of aromatic nitrogens is 2. The molecule has 200 valence electrons. The number of nitrogens with zero attached hydrogens (tertiary/aromatic N) is 2. The van der Waals surface area contributed by atoms with Crippen molar-refractivity contribution in [1.82, 2.24) is 9.55 Å². The molecule has 35 heavy (non-hydrogen) atoms. The van der Waals surface area contributed by atoms with Gasteiger partial charge in [-0.1, -0.05) is 55.4 Å². The van der Waals surface area contributed by atoms with Crippen LogP contribution in [-0.4, -0.2) is 58.6 Å². The van der Waals surface area contributed by atoms with Crippen molar-refractivity contribution in [2.75, 3.05) is 25.6 Å². The largest absolute Gasteiger partial charge is 0.461 e. The summed E-state index contributed by atoms with van der Waals surface area (Å²) in [5.74, 6) is -0.382. The molecule has 1 aromatic rings. The number of nitrogen functional groups attached to an aromatic ring is 1. The van der Waals surface area contributed by atoms with Crippen molar-refractivity contribution in [3.8, 4) is 0 Å². The molecular formula is C23H43N3O7Si2. The molecule has 1 aliphatic heterocycles. The van der Waals surface area contributed by atoms with Gasteiger partial charge >= 0.3 is 28.8 Å². The number of ether oxygens (including phenoxy) is 2. The molecule has 0 spiro atoms. The molecule has 0 amide bonds. The lowest BCUT2D eigenvalue weighted by Gasteiger charge is -2.50. The van der Waals surface area contributed by atoms with Crippen molar-refractivity contribution < 1.29 is 27.2 Å². The van der Waals surface area contributed by atoms with Crippen molar-refractivity contribution in [2.24, 2.45) is 0 Å². The number of hydrogen-bond donors (Lipinski definition) is 1. The Morgan fingerprint density at radius 3 is 1.94 bits per heavy atom. The number of carbonyl (C=O) groups is 1. The van der Waals surface area contributed by atoms with Gasteiger partial charge in [0.25, 0.3) is 0 Å². The van der Waals surface area contributed by atoms with Gasteiger partial charge in [0, 0.05) is 13.1 Å². The van der Waals surface area contributed by atoms with Gasteiger partial charge in [0.05, 0.1) is 13.2 Å². The second kappa shape index (κ2) is 12.1. The first-order valence-electron chi connectivity index (χ1n) is 12.4. The van der Waals surface area contributed by atoms with Gasteiger partial charge in [0.2, 0.25) is 0 Å². The summed E-state index contributed by atoms with van der Waals surface area (Å²) in [6.45, 7) is 18.8. The summed E-state index contributed by atoms with van der Waals surface area (Å²) in [5.41, 5.74) is 5.81. The van der Waals surface area contributed by atoms with Crippen LogP contribution in [0.25, 0.3) is 0 Å². The monoisotopic (exact) mass is 529 g/mol. The van der Waals surface area contributed by atoms with E-state index in [1.807, 2.05) is 0 Å². The molecular weight excluding hydrogens is 486 g/mol. The van der Waals surface area contributed by atoms with Gasteiger partial charge in [0.15, 0.2) is 6.23 Å². The molecule has 1 saturated heterocycles. The van der Waals surface area contributed by atoms with Crippen molar-refractivity contribution in [3.63, 3.8) is 0 Å². The molecule has 0 radical (unpaired) electrons. The van der Waals surface area contributed by atoms with E-state index in [4.69, 9.17) is 28.2 Å². The van der Waals surface area contributed by atoms with E-state index < -0.39 is 41.1 Å². The van der Waals surface area contributed by atoms with Crippen LogP contribution in [0.3, 0.4) is 0 Å². The molecule has 2 N–H and O–H groups in total. The topological polar surface area (TPSA) is 124 Å². The first kappa shape index (κ1) is 29.7. The molecule has 2 heterocycles. The fraction of sp³-hybridized carbons (Fsp3) is 0.783. The minimum atomic E-state index is -2.73. The summed E-state index contributed by atoms with van der Waals surface area (Å²) >= 11 is 0. The molecule has 1 aromatic heterocycles. The van der Waals surface area contributed by atoms with Crippen LogP contribution in [0.15, 0.2) is 17.1 Å². The fourth-order valence-electron chi connectivity index (χ4n) is 4.59. The maximum Gasteiger partial charge on any atom is 0.351 e. The average Bonchev–Trinajstić information content (AvgIpc) is 2.72. The highest BCUT2D eigenvalue weighted by molar-refractivity contribution is 6.83. The van der Waals surface area contributed by atoms with E-state index in [2.05, 4.69) is 60.4 Å². The summed E-state index contributed by atoms with van der Waals surface area (Å²) in [6.07, 6.45) is 0.0489. The molecule has 0 saturated carbocycles. The molecule has 12 heteroatoms. The maximum absolute atomic E-state index is 12.5. The van der Waals surface area contributed by atoms with Crippen molar-refractivity contribution in [3.05, 3.63) is 22.7 Å². The molecule has 2 rings (SSSR count). The number of anilines is 1.